The lowest BCUT2D eigenvalue weighted by atomic mass is 9.92. The number of rotatable bonds is 3. The van der Waals surface area contributed by atoms with E-state index in [2.05, 4.69) is 58.1 Å². The Morgan fingerprint density at radius 2 is 1.90 bits per heavy atom. The van der Waals surface area contributed by atoms with E-state index in [0.29, 0.717) is 0 Å². The second-order valence-electron chi connectivity index (χ2n) is 7.49. The normalized spacial score (nSPS) is 23.0. The smallest absolute Gasteiger partial charge is 0.241 e. The number of hydrogen-bond donors (Lipinski definition) is 1. The van der Waals surface area contributed by atoms with E-state index in [0.717, 1.165) is 13.0 Å². The molecule has 1 saturated heterocycles. The topological polar surface area (TPSA) is 32.3 Å². The van der Waals surface area contributed by atoms with Crippen molar-refractivity contribution in [1.29, 1.82) is 0 Å². The van der Waals surface area contributed by atoms with Crippen LogP contribution in [-0.4, -0.2) is 23.4 Å². The molecular formula is C18H28N2O. The summed E-state index contributed by atoms with van der Waals surface area (Å²) in [5.41, 5.74) is 3.95. The third-order valence-electron chi connectivity index (χ3n) is 4.20. The third-order valence-corrected chi connectivity index (χ3v) is 4.20. The maximum absolute atomic E-state index is 12.4. The van der Waals surface area contributed by atoms with Crippen molar-refractivity contribution in [3.8, 4) is 0 Å². The molecule has 1 amide bonds. The highest BCUT2D eigenvalue weighted by molar-refractivity contribution is 5.84. The summed E-state index contributed by atoms with van der Waals surface area (Å²) >= 11 is 0. The van der Waals surface area contributed by atoms with Gasteiger partial charge in [0.25, 0.3) is 0 Å². The summed E-state index contributed by atoms with van der Waals surface area (Å²) in [6.45, 7) is 13.6. The zero-order valence-electron chi connectivity index (χ0n) is 14.2. The van der Waals surface area contributed by atoms with Crippen molar-refractivity contribution < 1.29 is 4.79 Å². The maximum atomic E-state index is 12.4. The van der Waals surface area contributed by atoms with Crippen molar-refractivity contribution >= 4 is 5.91 Å². The van der Waals surface area contributed by atoms with Crippen molar-refractivity contribution in [2.75, 3.05) is 6.54 Å². The molecule has 0 spiro atoms. The highest BCUT2D eigenvalue weighted by Gasteiger charge is 2.37. The molecule has 1 heterocycles. The minimum absolute atomic E-state index is 0.00968. The van der Waals surface area contributed by atoms with E-state index in [1.807, 2.05) is 11.8 Å². The van der Waals surface area contributed by atoms with E-state index in [4.69, 9.17) is 0 Å². The lowest BCUT2D eigenvalue weighted by Crippen LogP contribution is -2.33. The Morgan fingerprint density at radius 1 is 1.24 bits per heavy atom. The number of carbonyl (C=O) groups excluding carboxylic acids is 1. The molecule has 0 bridgehead atoms. The van der Waals surface area contributed by atoms with Gasteiger partial charge in [0, 0.05) is 6.54 Å². The van der Waals surface area contributed by atoms with Crippen LogP contribution in [0.4, 0.5) is 0 Å². The van der Waals surface area contributed by atoms with E-state index >= 15 is 0 Å². The van der Waals surface area contributed by atoms with Gasteiger partial charge in [-0.1, -0.05) is 44.5 Å². The van der Waals surface area contributed by atoms with Crippen LogP contribution in [0.1, 0.15) is 57.0 Å². The zero-order chi connectivity index (χ0) is 15.8. The van der Waals surface area contributed by atoms with Gasteiger partial charge in [0.1, 0.15) is 6.17 Å². The molecule has 1 fully saturated rings. The molecule has 116 valence electrons. The summed E-state index contributed by atoms with van der Waals surface area (Å²) in [5, 5.41) is 3.44. The van der Waals surface area contributed by atoms with E-state index in [1.54, 1.807) is 0 Å². The summed E-state index contributed by atoms with van der Waals surface area (Å²) in [6, 6.07) is 6.36. The number of hydrogen-bond acceptors (Lipinski definition) is 2. The van der Waals surface area contributed by atoms with Gasteiger partial charge in [0.05, 0.1) is 6.04 Å². The first-order chi connectivity index (χ1) is 9.69. The minimum atomic E-state index is -0.101. The Kier molecular flexibility index (Phi) is 4.43. The average Bonchev–Trinajstić information content (AvgIpc) is 2.62. The number of aryl methyl sites for hydroxylation is 2. The first-order valence-electron chi connectivity index (χ1n) is 7.83. The van der Waals surface area contributed by atoms with Gasteiger partial charge in [-0.05, 0) is 43.7 Å². The summed E-state index contributed by atoms with van der Waals surface area (Å²) < 4.78 is 0. The second-order valence-corrected chi connectivity index (χ2v) is 7.49. The third kappa shape index (κ3) is 3.65. The van der Waals surface area contributed by atoms with Gasteiger partial charge in [-0.2, -0.15) is 0 Å². The van der Waals surface area contributed by atoms with E-state index in [-0.39, 0.29) is 23.5 Å². The summed E-state index contributed by atoms with van der Waals surface area (Å²) in [5.74, 6) is 0.212. The SMILES string of the molecule is Cc1ccc(C2NC(C)C(=O)N2CCC(C)(C)C)c(C)c1. The predicted octanol–water partition coefficient (Wildman–Crippen LogP) is 3.56. The predicted molar refractivity (Wildman–Crippen MR) is 87.0 cm³/mol. The Morgan fingerprint density at radius 3 is 2.48 bits per heavy atom. The number of carbonyl (C=O) groups is 1. The first kappa shape index (κ1) is 16.0. The van der Waals surface area contributed by atoms with Crippen LogP contribution in [-0.2, 0) is 4.79 Å². The van der Waals surface area contributed by atoms with Crippen LogP contribution in [0.5, 0.6) is 0 Å². The number of nitrogens with zero attached hydrogens (tertiary/aromatic N) is 1. The minimum Gasteiger partial charge on any atom is -0.322 e. The highest BCUT2D eigenvalue weighted by Crippen LogP contribution is 2.30. The van der Waals surface area contributed by atoms with E-state index in [9.17, 15) is 4.79 Å². The van der Waals surface area contributed by atoms with Crippen molar-refractivity contribution in [1.82, 2.24) is 10.2 Å². The standard InChI is InChI=1S/C18H28N2O/c1-12-7-8-15(13(2)11-12)16-19-14(3)17(21)20(16)10-9-18(4,5)6/h7-8,11,14,16,19H,9-10H2,1-6H3. The Balaban J connectivity index is 2.25. The molecule has 3 heteroatoms. The maximum Gasteiger partial charge on any atom is 0.241 e. The molecule has 21 heavy (non-hydrogen) atoms. The van der Waals surface area contributed by atoms with Crippen molar-refractivity contribution in [3.05, 3.63) is 34.9 Å². The van der Waals surface area contributed by atoms with Gasteiger partial charge >= 0.3 is 0 Å². The quantitative estimate of drug-likeness (QED) is 0.922. The van der Waals surface area contributed by atoms with Crippen molar-refractivity contribution in [2.45, 2.75) is 60.2 Å². The molecule has 2 rings (SSSR count). The van der Waals surface area contributed by atoms with Crippen LogP contribution in [0.15, 0.2) is 18.2 Å². The average molecular weight is 288 g/mol. The Hall–Kier alpha value is -1.35. The molecule has 1 aliphatic heterocycles. The van der Waals surface area contributed by atoms with Crippen molar-refractivity contribution in [3.63, 3.8) is 0 Å². The van der Waals surface area contributed by atoms with Gasteiger partial charge in [-0.3, -0.25) is 10.1 Å². The lowest BCUT2D eigenvalue weighted by molar-refractivity contribution is -0.130. The Labute approximate surface area is 128 Å². The molecule has 1 N–H and O–H groups in total. The largest absolute Gasteiger partial charge is 0.322 e. The fraction of sp³-hybridized carbons (Fsp3) is 0.611. The van der Waals surface area contributed by atoms with Gasteiger partial charge in [-0.25, -0.2) is 0 Å². The van der Waals surface area contributed by atoms with E-state index in [1.165, 1.54) is 16.7 Å². The molecule has 0 radical (unpaired) electrons. The summed E-state index contributed by atoms with van der Waals surface area (Å²) in [6.07, 6.45) is 1.02. The molecule has 0 aliphatic carbocycles. The van der Waals surface area contributed by atoms with Crippen LogP contribution < -0.4 is 5.32 Å². The van der Waals surface area contributed by atoms with Gasteiger partial charge < -0.3 is 4.90 Å². The summed E-state index contributed by atoms with van der Waals surface area (Å²) in [7, 11) is 0. The molecule has 1 aromatic rings. The number of nitrogens with one attached hydrogen (secondary N) is 1. The zero-order valence-corrected chi connectivity index (χ0v) is 14.2. The number of benzene rings is 1. The highest BCUT2D eigenvalue weighted by atomic mass is 16.2. The number of amides is 1. The molecule has 2 unspecified atom stereocenters. The van der Waals surface area contributed by atoms with Gasteiger partial charge in [-0.15, -0.1) is 0 Å². The van der Waals surface area contributed by atoms with Crippen LogP contribution in [0, 0.1) is 19.3 Å². The van der Waals surface area contributed by atoms with E-state index < -0.39 is 0 Å². The molecule has 0 saturated carbocycles. The van der Waals surface area contributed by atoms with Crippen LogP contribution in [0.3, 0.4) is 0 Å². The molecular weight excluding hydrogens is 260 g/mol. The molecule has 3 nitrogen and oxygen atoms in total. The van der Waals surface area contributed by atoms with Gasteiger partial charge in [0.15, 0.2) is 0 Å². The first-order valence-corrected chi connectivity index (χ1v) is 7.83. The summed E-state index contributed by atoms with van der Waals surface area (Å²) in [4.78, 5) is 14.5. The van der Waals surface area contributed by atoms with Crippen molar-refractivity contribution in [2.24, 2.45) is 5.41 Å². The monoisotopic (exact) mass is 288 g/mol. The molecule has 1 aliphatic rings. The van der Waals surface area contributed by atoms with Gasteiger partial charge in [0.2, 0.25) is 5.91 Å². The van der Waals surface area contributed by atoms with Crippen LogP contribution in [0.25, 0.3) is 0 Å². The fourth-order valence-corrected chi connectivity index (χ4v) is 2.86. The second kappa shape index (κ2) is 5.80. The molecule has 2 atom stereocenters. The van der Waals surface area contributed by atoms with Crippen LogP contribution >= 0.6 is 0 Å². The Bertz CT molecular complexity index is 531. The molecule has 0 aromatic heterocycles. The van der Waals surface area contributed by atoms with Crippen LogP contribution in [0.2, 0.25) is 0 Å². The molecule has 1 aromatic carbocycles. The fourth-order valence-electron chi connectivity index (χ4n) is 2.86. The lowest BCUT2D eigenvalue weighted by Gasteiger charge is -2.29.